The van der Waals surface area contributed by atoms with Gasteiger partial charge in [-0.25, -0.2) is 0 Å². The Morgan fingerprint density at radius 1 is 0.475 bits per heavy atom. The smallest absolute Gasteiger partial charge is 0.143 e. The minimum absolute atomic E-state index is 0.146. The zero-order valence-electron chi connectivity index (χ0n) is 26.5. The SMILES string of the molecule is CCCCCC=CCC=CCC=CCCCC(C=O)C(=O)CCCCCCCCCC=CCC=CCCCCC. The van der Waals surface area contributed by atoms with Gasteiger partial charge in [-0.05, 0) is 83.5 Å². The molecule has 228 valence electrons. The second kappa shape index (κ2) is 33.2. The predicted octanol–water partition coefficient (Wildman–Crippen LogP) is 12.2. The van der Waals surface area contributed by atoms with Crippen molar-refractivity contribution in [2.24, 2.45) is 5.92 Å². The highest BCUT2D eigenvalue weighted by Gasteiger charge is 2.16. The number of carbonyl (C=O) groups is 2. The molecule has 0 saturated heterocycles. The Morgan fingerprint density at radius 3 is 1.30 bits per heavy atom. The van der Waals surface area contributed by atoms with Crippen molar-refractivity contribution in [2.45, 2.75) is 162 Å². The van der Waals surface area contributed by atoms with E-state index >= 15 is 0 Å². The summed E-state index contributed by atoms with van der Waals surface area (Å²) < 4.78 is 0. The molecule has 0 aliphatic rings. The summed E-state index contributed by atoms with van der Waals surface area (Å²) in [5.74, 6) is -0.255. The summed E-state index contributed by atoms with van der Waals surface area (Å²) in [6, 6.07) is 0. The number of hydrogen-bond donors (Lipinski definition) is 0. The highest BCUT2D eigenvalue weighted by Crippen LogP contribution is 2.15. The van der Waals surface area contributed by atoms with Gasteiger partial charge < -0.3 is 4.79 Å². The van der Waals surface area contributed by atoms with E-state index in [9.17, 15) is 9.59 Å². The quantitative estimate of drug-likeness (QED) is 0.0384. The van der Waals surface area contributed by atoms with Crippen LogP contribution < -0.4 is 0 Å². The molecular formula is C38H64O2. The Kier molecular flexibility index (Phi) is 31.6. The molecule has 0 bridgehead atoms. The largest absolute Gasteiger partial charge is 0.303 e. The molecule has 0 aliphatic carbocycles. The zero-order chi connectivity index (χ0) is 29.2. The van der Waals surface area contributed by atoms with E-state index in [1.54, 1.807) is 0 Å². The number of hydrogen-bond acceptors (Lipinski definition) is 2. The number of unbranched alkanes of at least 4 members (excludes halogenated alkanes) is 14. The number of ketones is 1. The van der Waals surface area contributed by atoms with Crippen molar-refractivity contribution >= 4 is 12.1 Å². The van der Waals surface area contributed by atoms with E-state index in [1.807, 2.05) is 0 Å². The van der Waals surface area contributed by atoms with Crippen molar-refractivity contribution in [3.05, 3.63) is 60.8 Å². The number of rotatable bonds is 30. The maximum absolute atomic E-state index is 12.4. The highest BCUT2D eigenvalue weighted by atomic mass is 16.1. The van der Waals surface area contributed by atoms with E-state index in [1.165, 1.54) is 89.9 Å². The average Bonchev–Trinajstić information content (AvgIpc) is 2.96. The maximum Gasteiger partial charge on any atom is 0.143 e. The summed E-state index contributed by atoms with van der Waals surface area (Å²) >= 11 is 0. The Balaban J connectivity index is 3.62. The fourth-order valence-corrected chi connectivity index (χ4v) is 4.70. The molecule has 2 heteroatoms. The van der Waals surface area contributed by atoms with Crippen LogP contribution in [0.4, 0.5) is 0 Å². The fraction of sp³-hybridized carbons (Fsp3) is 0.684. The molecule has 40 heavy (non-hydrogen) atoms. The first kappa shape index (κ1) is 38.0. The molecule has 0 aliphatic heterocycles. The van der Waals surface area contributed by atoms with Gasteiger partial charge in [0.1, 0.15) is 12.1 Å². The van der Waals surface area contributed by atoms with Crippen molar-refractivity contribution in [1.82, 2.24) is 0 Å². The van der Waals surface area contributed by atoms with Crippen LogP contribution in [-0.2, 0) is 9.59 Å². The predicted molar refractivity (Wildman–Crippen MR) is 178 cm³/mol. The van der Waals surface area contributed by atoms with Crippen molar-refractivity contribution in [1.29, 1.82) is 0 Å². The molecule has 1 unspecified atom stereocenters. The van der Waals surface area contributed by atoms with E-state index in [0.29, 0.717) is 12.8 Å². The third kappa shape index (κ3) is 29.0. The topological polar surface area (TPSA) is 34.1 Å². The molecule has 2 nitrogen and oxygen atoms in total. The second-order valence-electron chi connectivity index (χ2n) is 11.2. The van der Waals surface area contributed by atoms with Crippen LogP contribution in [-0.4, -0.2) is 12.1 Å². The highest BCUT2D eigenvalue weighted by molar-refractivity contribution is 5.93. The normalized spacial score (nSPS) is 13.2. The minimum atomic E-state index is -0.401. The summed E-state index contributed by atoms with van der Waals surface area (Å²) in [4.78, 5) is 23.9. The van der Waals surface area contributed by atoms with Crippen LogP contribution in [0.2, 0.25) is 0 Å². The monoisotopic (exact) mass is 552 g/mol. The Labute approximate surface area is 249 Å². The van der Waals surface area contributed by atoms with Crippen molar-refractivity contribution < 1.29 is 9.59 Å². The van der Waals surface area contributed by atoms with Gasteiger partial charge in [-0.2, -0.15) is 0 Å². The first-order valence-corrected chi connectivity index (χ1v) is 17.0. The van der Waals surface area contributed by atoms with Gasteiger partial charge in [-0.15, -0.1) is 0 Å². The van der Waals surface area contributed by atoms with Gasteiger partial charge in [0.05, 0.1) is 5.92 Å². The second-order valence-corrected chi connectivity index (χ2v) is 11.2. The third-order valence-corrected chi connectivity index (χ3v) is 7.36. The average molecular weight is 553 g/mol. The molecule has 0 amide bonds. The van der Waals surface area contributed by atoms with E-state index in [-0.39, 0.29) is 5.78 Å². The first-order chi connectivity index (χ1) is 19.8. The first-order valence-electron chi connectivity index (χ1n) is 17.0. The van der Waals surface area contributed by atoms with Gasteiger partial charge in [0.2, 0.25) is 0 Å². The Morgan fingerprint density at radius 2 is 0.850 bits per heavy atom. The molecule has 0 aromatic carbocycles. The van der Waals surface area contributed by atoms with Crippen molar-refractivity contribution in [3.8, 4) is 0 Å². The Bertz CT molecular complexity index is 694. The Hall–Kier alpha value is -1.96. The number of aldehydes is 1. The van der Waals surface area contributed by atoms with E-state index in [0.717, 1.165) is 51.2 Å². The van der Waals surface area contributed by atoms with Gasteiger partial charge in [-0.3, -0.25) is 4.79 Å². The lowest BCUT2D eigenvalue weighted by molar-refractivity contribution is -0.127. The lowest BCUT2D eigenvalue weighted by atomic mass is 9.94. The summed E-state index contributed by atoms with van der Waals surface area (Å²) in [6.07, 6.45) is 49.4. The van der Waals surface area contributed by atoms with E-state index < -0.39 is 5.92 Å². The van der Waals surface area contributed by atoms with Crippen molar-refractivity contribution in [2.75, 3.05) is 0 Å². The lowest BCUT2D eigenvalue weighted by Crippen LogP contribution is -2.15. The van der Waals surface area contributed by atoms with Crippen LogP contribution >= 0.6 is 0 Å². The van der Waals surface area contributed by atoms with Gasteiger partial charge >= 0.3 is 0 Å². The molecule has 1 atom stereocenters. The van der Waals surface area contributed by atoms with Crippen LogP contribution in [0.3, 0.4) is 0 Å². The number of allylic oxidation sites excluding steroid dienone is 10. The number of carbonyl (C=O) groups excluding carboxylic acids is 2. The van der Waals surface area contributed by atoms with Crippen LogP contribution in [0.1, 0.15) is 162 Å². The molecule has 0 aromatic rings. The van der Waals surface area contributed by atoms with Gasteiger partial charge in [0.25, 0.3) is 0 Å². The molecule has 0 aromatic heterocycles. The molecule has 0 N–H and O–H groups in total. The van der Waals surface area contributed by atoms with Gasteiger partial charge in [-0.1, -0.05) is 132 Å². The van der Waals surface area contributed by atoms with Gasteiger partial charge in [0, 0.05) is 6.42 Å². The lowest BCUT2D eigenvalue weighted by Gasteiger charge is -2.08. The number of Topliss-reactive ketones (excluding diaryl/α,β-unsaturated/α-hetero) is 1. The maximum atomic E-state index is 12.4. The molecule has 0 saturated carbocycles. The minimum Gasteiger partial charge on any atom is -0.303 e. The van der Waals surface area contributed by atoms with Crippen molar-refractivity contribution in [3.63, 3.8) is 0 Å². The fourth-order valence-electron chi connectivity index (χ4n) is 4.70. The molecular weight excluding hydrogens is 488 g/mol. The van der Waals surface area contributed by atoms with Crippen LogP contribution in [0.5, 0.6) is 0 Å². The van der Waals surface area contributed by atoms with E-state index in [2.05, 4.69) is 74.6 Å². The molecule has 0 spiro atoms. The summed E-state index contributed by atoms with van der Waals surface area (Å²) in [6.45, 7) is 4.49. The molecule has 0 rings (SSSR count). The summed E-state index contributed by atoms with van der Waals surface area (Å²) in [5, 5.41) is 0. The summed E-state index contributed by atoms with van der Waals surface area (Å²) in [7, 11) is 0. The zero-order valence-corrected chi connectivity index (χ0v) is 26.5. The summed E-state index contributed by atoms with van der Waals surface area (Å²) in [5.41, 5.74) is 0. The standard InChI is InChI=1S/C38H64O2/c1-3-5-7-9-11-13-15-17-19-20-21-23-25-27-29-31-33-35-38(40)37(36-39)34-32-30-28-26-24-22-18-16-14-12-10-8-6-4-2/h11-14,17-19,22,26,28,36-37H,3-10,15-16,20-21,23-25,27,29-35H2,1-2H3. The van der Waals surface area contributed by atoms with Gasteiger partial charge in [0.15, 0.2) is 0 Å². The van der Waals surface area contributed by atoms with Crippen LogP contribution in [0.25, 0.3) is 0 Å². The van der Waals surface area contributed by atoms with Crippen LogP contribution in [0, 0.1) is 5.92 Å². The van der Waals surface area contributed by atoms with E-state index in [4.69, 9.17) is 0 Å². The molecule has 0 fully saturated rings. The molecule has 0 radical (unpaired) electrons. The molecule has 0 heterocycles. The van der Waals surface area contributed by atoms with Crippen LogP contribution in [0.15, 0.2) is 60.8 Å². The third-order valence-electron chi connectivity index (χ3n) is 7.36.